The number of carbonyl (C=O) groups is 4. The molecule has 22 heavy (non-hydrogen) atoms. The molecule has 0 aromatic rings. The summed E-state index contributed by atoms with van der Waals surface area (Å²) >= 11 is 0. The molecule has 0 radical (unpaired) electrons. The fourth-order valence-corrected chi connectivity index (χ4v) is 4.08. The molecule has 2 aliphatic heterocycles. The van der Waals surface area contributed by atoms with Crippen molar-refractivity contribution in [2.24, 2.45) is 23.7 Å². The summed E-state index contributed by atoms with van der Waals surface area (Å²) in [6.45, 7) is -0.487. The molecule has 2 aliphatic carbocycles. The lowest BCUT2D eigenvalue weighted by atomic mass is 9.79. The van der Waals surface area contributed by atoms with E-state index in [-0.39, 0.29) is 24.0 Å². The minimum Gasteiger partial charge on any atom is -0.481 e. The zero-order valence-corrected chi connectivity index (χ0v) is 11.4. The fraction of sp³-hybridized carbons (Fsp3) is 0.571. The van der Waals surface area contributed by atoms with Crippen LogP contribution in [-0.2, 0) is 28.7 Å². The molecule has 116 valence electrons. The monoisotopic (exact) mass is 307 g/mol. The molecule has 4 aliphatic rings. The molecule has 8 nitrogen and oxygen atoms in total. The summed E-state index contributed by atoms with van der Waals surface area (Å²) in [4.78, 5) is 47.3. The van der Waals surface area contributed by atoms with Crippen molar-refractivity contribution < 1.29 is 33.8 Å². The van der Waals surface area contributed by atoms with Gasteiger partial charge in [0.15, 0.2) is 6.73 Å². The molecule has 2 bridgehead atoms. The van der Waals surface area contributed by atoms with Crippen LogP contribution in [0, 0.1) is 23.7 Å². The Kier molecular flexibility index (Phi) is 2.68. The molecular formula is C14H13NO7. The Morgan fingerprint density at radius 3 is 2.36 bits per heavy atom. The van der Waals surface area contributed by atoms with Crippen molar-refractivity contribution >= 4 is 23.8 Å². The average molecular weight is 307 g/mol. The lowest BCUT2D eigenvalue weighted by Gasteiger charge is -2.24. The van der Waals surface area contributed by atoms with Gasteiger partial charge < -0.3 is 14.6 Å². The predicted molar refractivity (Wildman–Crippen MR) is 66.8 cm³/mol. The maximum atomic E-state index is 12.3. The number of carboxylic acid groups (broad SMARTS) is 1. The predicted octanol–water partition coefficient (Wildman–Crippen LogP) is -0.854. The Morgan fingerprint density at radius 1 is 1.18 bits per heavy atom. The normalized spacial score (nSPS) is 41.0. The first-order valence-corrected chi connectivity index (χ1v) is 7.07. The number of aliphatic carboxylic acids is 1. The molecule has 2 saturated carbocycles. The van der Waals surface area contributed by atoms with E-state index in [2.05, 4.69) is 0 Å². The van der Waals surface area contributed by atoms with Gasteiger partial charge in [0, 0.05) is 24.0 Å². The van der Waals surface area contributed by atoms with Gasteiger partial charge in [-0.25, -0.2) is 4.90 Å². The first-order valence-electron chi connectivity index (χ1n) is 7.07. The zero-order valence-electron chi connectivity index (χ0n) is 11.4. The van der Waals surface area contributed by atoms with Crippen LogP contribution in [0.5, 0.6) is 0 Å². The maximum Gasteiger partial charge on any atom is 0.311 e. The molecule has 1 N–H and O–H groups in total. The zero-order chi connectivity index (χ0) is 15.6. The Bertz CT molecular complexity index is 609. The molecule has 6 atom stereocenters. The van der Waals surface area contributed by atoms with Crippen molar-refractivity contribution in [1.29, 1.82) is 0 Å². The number of carbonyl (C=O) groups excluding carboxylic acids is 3. The second-order valence-corrected chi connectivity index (χ2v) is 6.05. The van der Waals surface area contributed by atoms with Crippen molar-refractivity contribution in [2.45, 2.75) is 18.6 Å². The number of carboxylic acids is 1. The lowest BCUT2D eigenvalue weighted by Crippen LogP contribution is -2.41. The number of hydrogen-bond donors (Lipinski definition) is 1. The Hall–Kier alpha value is -2.22. The molecule has 6 unspecified atom stereocenters. The van der Waals surface area contributed by atoms with Gasteiger partial charge >= 0.3 is 11.9 Å². The number of esters is 1. The number of nitrogens with zero attached hydrogens (tertiary/aromatic N) is 1. The van der Waals surface area contributed by atoms with E-state index in [0.29, 0.717) is 6.42 Å². The topological polar surface area (TPSA) is 114 Å². The molecule has 0 aromatic heterocycles. The molecular weight excluding hydrogens is 294 g/mol. The third-order valence-corrected chi connectivity index (χ3v) is 5.05. The Balaban J connectivity index is 1.45. The summed E-state index contributed by atoms with van der Waals surface area (Å²) in [5.41, 5.74) is 0. The van der Waals surface area contributed by atoms with Crippen LogP contribution < -0.4 is 0 Å². The quantitative estimate of drug-likeness (QED) is 0.408. The highest BCUT2D eigenvalue weighted by molar-refractivity contribution is 6.12. The third-order valence-electron chi connectivity index (χ3n) is 5.05. The summed E-state index contributed by atoms with van der Waals surface area (Å²) in [6, 6.07) is 0. The van der Waals surface area contributed by atoms with Gasteiger partial charge in [-0.2, -0.15) is 0 Å². The molecule has 0 spiro atoms. The number of hydrogen-bond acceptors (Lipinski definition) is 6. The Morgan fingerprint density at radius 2 is 1.77 bits per heavy atom. The van der Waals surface area contributed by atoms with E-state index in [1.165, 1.54) is 0 Å². The van der Waals surface area contributed by atoms with E-state index in [1.807, 2.05) is 0 Å². The van der Waals surface area contributed by atoms with Gasteiger partial charge in [0.05, 0.1) is 24.0 Å². The van der Waals surface area contributed by atoms with Crippen LogP contribution in [0.4, 0.5) is 0 Å². The molecule has 0 aromatic carbocycles. The fourth-order valence-electron chi connectivity index (χ4n) is 4.08. The maximum absolute atomic E-state index is 12.3. The summed E-state index contributed by atoms with van der Waals surface area (Å²) in [5.74, 6) is -4.69. The number of rotatable bonds is 4. The third kappa shape index (κ3) is 1.73. The summed E-state index contributed by atoms with van der Waals surface area (Å²) < 4.78 is 10.4. The van der Waals surface area contributed by atoms with Crippen LogP contribution in [0.2, 0.25) is 0 Å². The SMILES string of the molecule is O=C(O)C1C2CC(C3OC23)C1C(=O)OCN1C(=O)C=CC1=O. The van der Waals surface area contributed by atoms with Gasteiger partial charge in [0.25, 0.3) is 11.8 Å². The minimum atomic E-state index is -1.03. The smallest absolute Gasteiger partial charge is 0.311 e. The van der Waals surface area contributed by atoms with E-state index in [9.17, 15) is 24.3 Å². The molecule has 3 fully saturated rings. The summed E-state index contributed by atoms with van der Waals surface area (Å²) in [6.07, 6.45) is 2.75. The molecule has 2 heterocycles. The molecule has 2 amide bonds. The van der Waals surface area contributed by atoms with Crippen LogP contribution in [-0.4, -0.2) is 52.7 Å². The Labute approximate surface area is 124 Å². The van der Waals surface area contributed by atoms with E-state index in [1.54, 1.807) is 0 Å². The minimum absolute atomic E-state index is 0.0407. The van der Waals surface area contributed by atoms with Crippen molar-refractivity contribution in [2.75, 3.05) is 6.73 Å². The summed E-state index contributed by atoms with van der Waals surface area (Å²) in [7, 11) is 0. The highest BCUT2D eigenvalue weighted by Crippen LogP contribution is 2.61. The standard InChI is InChI=1S/C14H13NO7/c16-7-1-2-8(17)15(7)4-21-14(20)10-6-3-5(9(10)13(18)19)11-12(6)22-11/h1-2,5-6,9-12H,3-4H2,(H,18,19). The van der Waals surface area contributed by atoms with E-state index < -0.39 is 42.3 Å². The van der Waals surface area contributed by atoms with Crippen LogP contribution in [0.1, 0.15) is 6.42 Å². The van der Waals surface area contributed by atoms with Crippen molar-refractivity contribution in [1.82, 2.24) is 4.90 Å². The first kappa shape index (κ1) is 13.4. The first-order chi connectivity index (χ1) is 10.5. The highest BCUT2D eigenvalue weighted by Gasteiger charge is 2.71. The number of fused-ring (bicyclic) bond motifs is 5. The number of amides is 2. The van der Waals surface area contributed by atoms with Crippen LogP contribution >= 0.6 is 0 Å². The summed E-state index contributed by atoms with van der Waals surface area (Å²) in [5, 5.41) is 9.36. The van der Waals surface area contributed by atoms with Crippen LogP contribution in [0.3, 0.4) is 0 Å². The number of epoxide rings is 1. The molecule has 1 saturated heterocycles. The average Bonchev–Trinajstić information content (AvgIpc) is 2.95. The second-order valence-electron chi connectivity index (χ2n) is 6.05. The highest BCUT2D eigenvalue weighted by atomic mass is 16.6. The second kappa shape index (κ2) is 4.39. The lowest BCUT2D eigenvalue weighted by molar-refractivity contribution is -0.165. The molecule has 4 rings (SSSR count). The number of ether oxygens (including phenoxy) is 2. The van der Waals surface area contributed by atoms with Gasteiger partial charge in [0.1, 0.15) is 0 Å². The van der Waals surface area contributed by atoms with Crippen LogP contribution in [0.25, 0.3) is 0 Å². The van der Waals surface area contributed by atoms with Gasteiger partial charge in [-0.15, -0.1) is 0 Å². The van der Waals surface area contributed by atoms with E-state index in [4.69, 9.17) is 9.47 Å². The van der Waals surface area contributed by atoms with E-state index >= 15 is 0 Å². The largest absolute Gasteiger partial charge is 0.481 e. The number of imide groups is 1. The van der Waals surface area contributed by atoms with Crippen molar-refractivity contribution in [3.8, 4) is 0 Å². The van der Waals surface area contributed by atoms with Crippen molar-refractivity contribution in [3.05, 3.63) is 12.2 Å². The van der Waals surface area contributed by atoms with Gasteiger partial charge in [-0.05, 0) is 6.42 Å². The van der Waals surface area contributed by atoms with Crippen molar-refractivity contribution in [3.63, 3.8) is 0 Å². The van der Waals surface area contributed by atoms with Gasteiger partial charge in [-0.1, -0.05) is 0 Å². The van der Waals surface area contributed by atoms with E-state index in [0.717, 1.165) is 17.1 Å². The molecule has 8 heteroatoms. The van der Waals surface area contributed by atoms with Gasteiger partial charge in [-0.3, -0.25) is 19.2 Å². The van der Waals surface area contributed by atoms with Gasteiger partial charge in [0.2, 0.25) is 0 Å². The van der Waals surface area contributed by atoms with Crippen LogP contribution in [0.15, 0.2) is 12.2 Å².